The topological polar surface area (TPSA) is 35.6 Å². The van der Waals surface area contributed by atoms with Crippen LogP contribution in [-0.4, -0.2) is 50.1 Å². The van der Waals surface area contributed by atoms with Crippen LogP contribution in [0.2, 0.25) is 0 Å². The van der Waals surface area contributed by atoms with Gasteiger partial charge in [-0.15, -0.1) is 0 Å². The maximum Gasteiger partial charge on any atom is 0.251 e. The maximum atomic E-state index is 12.3. The van der Waals surface area contributed by atoms with Gasteiger partial charge in [0.1, 0.15) is 0 Å². The normalized spacial score (nSPS) is 16.4. The summed E-state index contributed by atoms with van der Waals surface area (Å²) in [6.45, 7) is 7.39. The van der Waals surface area contributed by atoms with Gasteiger partial charge in [0, 0.05) is 37.4 Å². The Morgan fingerprint density at radius 2 is 1.73 bits per heavy atom. The molecule has 0 atom stereocenters. The third-order valence-corrected chi connectivity index (χ3v) is 4.54. The van der Waals surface area contributed by atoms with Crippen molar-refractivity contribution in [2.24, 2.45) is 0 Å². The first-order valence-electron chi connectivity index (χ1n) is 8.21. The van der Waals surface area contributed by atoms with Crippen LogP contribution in [0.15, 0.2) is 24.3 Å². The highest BCUT2D eigenvalue weighted by Gasteiger charge is 2.28. The molecule has 1 aliphatic rings. The van der Waals surface area contributed by atoms with E-state index in [1.165, 1.54) is 19.3 Å². The van der Waals surface area contributed by atoms with Crippen molar-refractivity contribution in [2.75, 3.05) is 38.6 Å². The van der Waals surface area contributed by atoms with Crippen molar-refractivity contribution in [3.8, 4) is 0 Å². The highest BCUT2D eigenvalue weighted by Crippen LogP contribution is 2.20. The highest BCUT2D eigenvalue weighted by molar-refractivity contribution is 5.94. The molecule has 1 amide bonds. The summed E-state index contributed by atoms with van der Waals surface area (Å²) in [5, 5.41) is 3.09. The molecule has 0 aliphatic carbocycles. The summed E-state index contributed by atoms with van der Waals surface area (Å²) in [5.41, 5.74) is 1.84. The average molecular weight is 303 g/mol. The monoisotopic (exact) mass is 303 g/mol. The van der Waals surface area contributed by atoms with Crippen LogP contribution in [0.5, 0.6) is 0 Å². The molecule has 1 N–H and O–H groups in total. The van der Waals surface area contributed by atoms with Crippen molar-refractivity contribution in [3.05, 3.63) is 29.8 Å². The van der Waals surface area contributed by atoms with E-state index in [1.807, 2.05) is 43.3 Å². The van der Waals surface area contributed by atoms with Gasteiger partial charge in [-0.1, -0.05) is 6.42 Å². The van der Waals surface area contributed by atoms with E-state index in [1.54, 1.807) is 0 Å². The summed E-state index contributed by atoms with van der Waals surface area (Å²) in [7, 11) is 3.99. The average Bonchev–Trinajstić information content (AvgIpc) is 2.53. The van der Waals surface area contributed by atoms with Gasteiger partial charge in [0.05, 0.1) is 0 Å². The number of benzene rings is 1. The Bertz CT molecular complexity index is 488. The first-order chi connectivity index (χ1) is 10.4. The first-order valence-corrected chi connectivity index (χ1v) is 8.21. The number of hydrogen-bond donors (Lipinski definition) is 1. The molecule has 0 unspecified atom stereocenters. The van der Waals surface area contributed by atoms with E-state index in [0.717, 1.165) is 24.3 Å². The van der Waals surface area contributed by atoms with E-state index in [2.05, 4.69) is 24.1 Å². The number of likely N-dealkylation sites (tertiary alicyclic amines) is 1. The van der Waals surface area contributed by atoms with Crippen LogP contribution in [0.4, 0.5) is 5.69 Å². The Kier molecular flexibility index (Phi) is 5.46. The van der Waals surface area contributed by atoms with Crippen molar-refractivity contribution >= 4 is 11.6 Å². The molecule has 1 aliphatic heterocycles. The van der Waals surface area contributed by atoms with Gasteiger partial charge in [-0.3, -0.25) is 9.69 Å². The van der Waals surface area contributed by atoms with Crippen molar-refractivity contribution in [1.29, 1.82) is 0 Å². The fraction of sp³-hybridized carbons (Fsp3) is 0.611. The number of amides is 1. The lowest BCUT2D eigenvalue weighted by Gasteiger charge is -2.41. The van der Waals surface area contributed by atoms with Gasteiger partial charge < -0.3 is 10.2 Å². The predicted octanol–water partition coefficient (Wildman–Crippen LogP) is 2.75. The Morgan fingerprint density at radius 3 is 2.27 bits per heavy atom. The van der Waals surface area contributed by atoms with E-state index in [0.29, 0.717) is 6.54 Å². The number of carbonyl (C=O) groups excluding carboxylic acids is 1. The number of nitrogens with zero attached hydrogens (tertiary/aromatic N) is 2. The number of nitrogens with one attached hydrogen (secondary N) is 1. The van der Waals surface area contributed by atoms with Gasteiger partial charge in [0.15, 0.2) is 0 Å². The van der Waals surface area contributed by atoms with Crippen molar-refractivity contribution in [1.82, 2.24) is 10.2 Å². The molecule has 1 heterocycles. The van der Waals surface area contributed by atoms with Gasteiger partial charge in [0.25, 0.3) is 5.91 Å². The molecule has 1 aromatic carbocycles. The molecule has 4 nitrogen and oxygen atoms in total. The van der Waals surface area contributed by atoms with Crippen LogP contribution in [0.3, 0.4) is 0 Å². The summed E-state index contributed by atoms with van der Waals surface area (Å²) in [4.78, 5) is 16.8. The van der Waals surface area contributed by atoms with Gasteiger partial charge in [0.2, 0.25) is 0 Å². The molecular weight excluding hydrogens is 274 g/mol. The van der Waals surface area contributed by atoms with Crippen LogP contribution < -0.4 is 10.2 Å². The minimum Gasteiger partial charge on any atom is -0.378 e. The molecule has 0 saturated carbocycles. The van der Waals surface area contributed by atoms with Crippen molar-refractivity contribution in [3.63, 3.8) is 0 Å². The third-order valence-electron chi connectivity index (χ3n) is 4.54. The summed E-state index contributed by atoms with van der Waals surface area (Å²) in [6.07, 6.45) is 3.86. The van der Waals surface area contributed by atoms with E-state index in [-0.39, 0.29) is 11.4 Å². The standard InChI is InChI=1S/C18H29N3O/c1-18(2,21-12-6-5-7-13-21)14-19-17(22)15-8-10-16(11-9-15)20(3)4/h8-11H,5-7,12-14H2,1-4H3,(H,19,22). The highest BCUT2D eigenvalue weighted by atomic mass is 16.1. The second-order valence-corrected chi connectivity index (χ2v) is 6.98. The van der Waals surface area contributed by atoms with Crippen LogP contribution >= 0.6 is 0 Å². The third kappa shape index (κ3) is 4.23. The van der Waals surface area contributed by atoms with E-state index in [9.17, 15) is 4.79 Å². The molecule has 0 aromatic heterocycles. The molecule has 22 heavy (non-hydrogen) atoms. The van der Waals surface area contributed by atoms with Crippen molar-refractivity contribution in [2.45, 2.75) is 38.6 Å². The lowest BCUT2D eigenvalue weighted by atomic mass is 9.98. The molecule has 122 valence electrons. The van der Waals surface area contributed by atoms with Gasteiger partial charge in [-0.25, -0.2) is 0 Å². The number of anilines is 1. The number of rotatable bonds is 5. The Hall–Kier alpha value is -1.55. The molecule has 0 radical (unpaired) electrons. The van der Waals surface area contributed by atoms with Crippen LogP contribution in [0.1, 0.15) is 43.5 Å². The molecule has 0 bridgehead atoms. The summed E-state index contributed by atoms with van der Waals surface area (Å²) in [5.74, 6) is 0.00962. The SMILES string of the molecule is CN(C)c1ccc(C(=O)NCC(C)(C)N2CCCCC2)cc1. The van der Waals surface area contributed by atoms with Crippen LogP contribution in [0, 0.1) is 0 Å². The lowest BCUT2D eigenvalue weighted by Crippen LogP contribution is -2.53. The summed E-state index contributed by atoms with van der Waals surface area (Å²) >= 11 is 0. The fourth-order valence-corrected chi connectivity index (χ4v) is 2.92. The van der Waals surface area contributed by atoms with E-state index < -0.39 is 0 Å². The number of hydrogen-bond acceptors (Lipinski definition) is 3. The molecule has 2 rings (SSSR count). The quantitative estimate of drug-likeness (QED) is 0.908. The van der Waals surface area contributed by atoms with Crippen LogP contribution in [0.25, 0.3) is 0 Å². The molecule has 1 fully saturated rings. The number of carbonyl (C=O) groups is 1. The van der Waals surface area contributed by atoms with E-state index >= 15 is 0 Å². The minimum atomic E-state index is 0.00962. The van der Waals surface area contributed by atoms with Crippen molar-refractivity contribution < 1.29 is 4.79 Å². The second-order valence-electron chi connectivity index (χ2n) is 6.98. The van der Waals surface area contributed by atoms with Gasteiger partial charge in [-0.2, -0.15) is 0 Å². The minimum absolute atomic E-state index is 0.00962. The first kappa shape index (κ1) is 16.8. The molecule has 1 saturated heterocycles. The molecule has 1 aromatic rings. The molecule has 0 spiro atoms. The zero-order chi connectivity index (χ0) is 16.2. The molecular formula is C18H29N3O. The summed E-state index contributed by atoms with van der Waals surface area (Å²) in [6, 6.07) is 7.73. The Balaban J connectivity index is 1.91. The predicted molar refractivity (Wildman–Crippen MR) is 92.6 cm³/mol. The molecule has 4 heteroatoms. The second kappa shape index (κ2) is 7.14. The van der Waals surface area contributed by atoms with Crippen LogP contribution in [-0.2, 0) is 0 Å². The lowest BCUT2D eigenvalue weighted by molar-refractivity contribution is 0.0797. The fourth-order valence-electron chi connectivity index (χ4n) is 2.92. The largest absolute Gasteiger partial charge is 0.378 e. The van der Waals surface area contributed by atoms with E-state index in [4.69, 9.17) is 0 Å². The maximum absolute atomic E-state index is 12.3. The smallest absolute Gasteiger partial charge is 0.251 e. The Labute approximate surface area is 134 Å². The zero-order valence-corrected chi connectivity index (χ0v) is 14.4. The van der Waals surface area contributed by atoms with Gasteiger partial charge >= 0.3 is 0 Å². The number of piperidine rings is 1. The van der Waals surface area contributed by atoms with Gasteiger partial charge in [-0.05, 0) is 64.0 Å². The summed E-state index contributed by atoms with van der Waals surface area (Å²) < 4.78 is 0. The Morgan fingerprint density at radius 1 is 1.14 bits per heavy atom. The zero-order valence-electron chi connectivity index (χ0n) is 14.4.